The highest BCUT2D eigenvalue weighted by atomic mass is 35.5. The third kappa shape index (κ3) is 6.48. The standard InChI is InChI=1S/C29H30ClN3O11S2/c1-6-39-29(38-5)33(28-23(30)15(2)32-44-28)46(36,37)26-19-8-7-10-31-27(19)45-25(26)24(43-17(4)35)20-13-22-21(41-14-42-22)12-18(20)9-11-40-16(3)34/h7-8,10,12-13,24,29H,6,9,11,14H2,1-5H3. The number of anilines is 1. The minimum atomic E-state index is -4.73. The maximum Gasteiger partial charge on any atom is 0.303 e. The molecule has 4 aromatic rings. The summed E-state index contributed by atoms with van der Waals surface area (Å²) < 4.78 is 69.5. The first-order valence-electron chi connectivity index (χ1n) is 13.9. The molecule has 0 spiro atoms. The molecule has 0 bridgehead atoms. The lowest BCUT2D eigenvalue weighted by Crippen LogP contribution is -2.43. The molecule has 0 aliphatic carbocycles. The largest absolute Gasteiger partial charge is 0.466 e. The molecule has 0 saturated heterocycles. The van der Waals surface area contributed by atoms with E-state index in [1.165, 1.54) is 27.2 Å². The summed E-state index contributed by atoms with van der Waals surface area (Å²) in [4.78, 5) is 28.8. The second kappa shape index (κ2) is 13.8. The molecular formula is C29H30ClN3O11S2. The van der Waals surface area contributed by atoms with Crippen LogP contribution in [0.25, 0.3) is 10.2 Å². The number of fused-ring (bicyclic) bond motifs is 2. The molecule has 1 aromatic carbocycles. The van der Waals surface area contributed by atoms with Crippen molar-refractivity contribution in [1.29, 1.82) is 0 Å². The van der Waals surface area contributed by atoms with E-state index in [9.17, 15) is 18.0 Å². The zero-order chi connectivity index (χ0) is 33.2. The Kier molecular flexibility index (Phi) is 10.0. The van der Waals surface area contributed by atoms with Gasteiger partial charge in [-0.25, -0.2) is 13.4 Å². The van der Waals surface area contributed by atoms with E-state index in [4.69, 9.17) is 44.5 Å². The van der Waals surface area contributed by atoms with E-state index in [1.54, 1.807) is 38.1 Å². The van der Waals surface area contributed by atoms with Crippen LogP contribution in [0.15, 0.2) is 39.9 Å². The lowest BCUT2D eigenvalue weighted by molar-refractivity contribution is -0.144. The summed E-state index contributed by atoms with van der Waals surface area (Å²) >= 11 is 7.50. The number of esters is 2. The van der Waals surface area contributed by atoms with Crippen molar-refractivity contribution in [2.75, 3.05) is 31.4 Å². The summed E-state index contributed by atoms with van der Waals surface area (Å²) in [5, 5.41) is 3.98. The average molecular weight is 696 g/mol. The number of hydrogen-bond donors (Lipinski definition) is 0. The summed E-state index contributed by atoms with van der Waals surface area (Å²) in [6.45, 7) is 5.71. The van der Waals surface area contributed by atoms with Gasteiger partial charge in [0.2, 0.25) is 6.79 Å². The summed E-state index contributed by atoms with van der Waals surface area (Å²) in [5.41, 5.74) is 1.17. The first-order valence-corrected chi connectivity index (χ1v) is 16.5. The average Bonchev–Trinajstić information content (AvgIpc) is 3.72. The topological polar surface area (TPSA) is 166 Å². The van der Waals surface area contributed by atoms with Gasteiger partial charge in [-0.3, -0.25) is 9.59 Å². The fourth-order valence-corrected chi connectivity index (χ4v) is 8.35. The van der Waals surface area contributed by atoms with Crippen molar-refractivity contribution in [3.8, 4) is 11.5 Å². The van der Waals surface area contributed by atoms with Gasteiger partial charge in [0.1, 0.15) is 20.4 Å². The Hall–Kier alpha value is -3.96. The second-order valence-electron chi connectivity index (χ2n) is 9.82. The van der Waals surface area contributed by atoms with Crippen LogP contribution in [0.1, 0.15) is 48.6 Å². The number of thiophene rings is 1. The van der Waals surface area contributed by atoms with E-state index < -0.39 is 34.5 Å². The molecule has 17 heteroatoms. The van der Waals surface area contributed by atoms with E-state index in [1.807, 2.05) is 0 Å². The van der Waals surface area contributed by atoms with Gasteiger partial charge in [-0.2, -0.15) is 4.31 Å². The van der Waals surface area contributed by atoms with Crippen molar-refractivity contribution in [1.82, 2.24) is 10.1 Å². The maximum absolute atomic E-state index is 15.0. The number of nitrogens with zero attached hydrogens (tertiary/aromatic N) is 3. The number of carbonyl (C=O) groups is 2. The van der Waals surface area contributed by atoms with Crippen LogP contribution in [0.5, 0.6) is 11.5 Å². The molecule has 0 amide bonds. The van der Waals surface area contributed by atoms with Crippen LogP contribution in [-0.4, -0.2) is 64.0 Å². The molecule has 0 fully saturated rings. The summed E-state index contributed by atoms with van der Waals surface area (Å²) in [6, 6.07) is 6.45. The Labute approximate surface area is 273 Å². The first-order chi connectivity index (χ1) is 22.0. The number of ether oxygens (including phenoxy) is 6. The number of halogens is 1. The number of aromatic nitrogens is 2. The lowest BCUT2D eigenvalue weighted by atomic mass is 9.97. The van der Waals surface area contributed by atoms with Crippen molar-refractivity contribution in [2.45, 2.75) is 51.5 Å². The van der Waals surface area contributed by atoms with Crippen LogP contribution in [0.4, 0.5) is 5.88 Å². The number of carbonyl (C=O) groups excluding carboxylic acids is 2. The number of hydrogen-bond acceptors (Lipinski definition) is 14. The van der Waals surface area contributed by atoms with Crippen molar-refractivity contribution in [3.63, 3.8) is 0 Å². The summed E-state index contributed by atoms with van der Waals surface area (Å²) in [6.07, 6.45) is -1.14. The van der Waals surface area contributed by atoms with Gasteiger partial charge in [0.25, 0.3) is 22.3 Å². The Bertz CT molecular complexity index is 1880. The molecule has 2 atom stereocenters. The van der Waals surface area contributed by atoms with E-state index in [2.05, 4.69) is 10.1 Å². The van der Waals surface area contributed by atoms with Gasteiger partial charge in [0.15, 0.2) is 17.6 Å². The predicted molar refractivity (Wildman–Crippen MR) is 164 cm³/mol. The number of aryl methyl sites for hydroxylation is 1. The van der Waals surface area contributed by atoms with Crippen LogP contribution in [-0.2, 0) is 45.0 Å². The molecule has 46 heavy (non-hydrogen) atoms. The van der Waals surface area contributed by atoms with Gasteiger partial charge < -0.3 is 32.9 Å². The highest BCUT2D eigenvalue weighted by Gasteiger charge is 2.43. The number of rotatable bonds is 13. The van der Waals surface area contributed by atoms with Crippen molar-refractivity contribution >= 4 is 61.0 Å². The molecule has 1 aliphatic heterocycles. The van der Waals surface area contributed by atoms with Gasteiger partial charge in [-0.1, -0.05) is 16.8 Å². The molecule has 0 radical (unpaired) electrons. The number of sulfonamides is 1. The third-order valence-corrected chi connectivity index (χ3v) is 10.3. The predicted octanol–water partition coefficient (Wildman–Crippen LogP) is 4.89. The van der Waals surface area contributed by atoms with E-state index in [0.717, 1.165) is 15.6 Å². The Morgan fingerprint density at radius 3 is 2.54 bits per heavy atom. The molecule has 246 valence electrons. The molecule has 14 nitrogen and oxygen atoms in total. The first kappa shape index (κ1) is 33.4. The Morgan fingerprint density at radius 2 is 1.91 bits per heavy atom. The molecule has 2 unspecified atom stereocenters. The zero-order valence-corrected chi connectivity index (χ0v) is 27.8. The van der Waals surface area contributed by atoms with Gasteiger partial charge in [0.05, 0.1) is 11.5 Å². The minimum absolute atomic E-state index is 0.00507. The highest BCUT2D eigenvalue weighted by molar-refractivity contribution is 7.93. The van der Waals surface area contributed by atoms with E-state index in [0.29, 0.717) is 27.5 Å². The van der Waals surface area contributed by atoms with Crippen molar-refractivity contribution < 1.29 is 51.0 Å². The molecule has 0 N–H and O–H groups in total. The monoisotopic (exact) mass is 695 g/mol. The maximum atomic E-state index is 15.0. The summed E-state index contributed by atoms with van der Waals surface area (Å²) in [7, 11) is -3.47. The fourth-order valence-electron chi connectivity index (χ4n) is 4.83. The SMILES string of the molecule is CCOC(OC)N(c1onc(C)c1Cl)S(=O)(=O)c1c(C(OC(C)=O)c2cc3c(cc2CCOC(C)=O)OCO3)sc2ncccc12. The quantitative estimate of drug-likeness (QED) is 0.137. The molecule has 1 aliphatic rings. The fraction of sp³-hybridized carbons (Fsp3) is 0.379. The molecule has 5 rings (SSSR count). The minimum Gasteiger partial charge on any atom is -0.466 e. The van der Waals surface area contributed by atoms with Crippen LogP contribution < -0.4 is 13.8 Å². The van der Waals surface area contributed by atoms with Gasteiger partial charge >= 0.3 is 11.9 Å². The lowest BCUT2D eigenvalue weighted by Gasteiger charge is -2.29. The molecule has 3 aromatic heterocycles. The smallest absolute Gasteiger partial charge is 0.303 e. The van der Waals surface area contributed by atoms with Crippen LogP contribution >= 0.6 is 22.9 Å². The van der Waals surface area contributed by atoms with Gasteiger partial charge in [0, 0.05) is 51.1 Å². The van der Waals surface area contributed by atoms with Crippen molar-refractivity contribution in [2.24, 2.45) is 0 Å². The Morgan fingerprint density at radius 1 is 1.17 bits per heavy atom. The highest BCUT2D eigenvalue weighted by Crippen LogP contribution is 2.47. The van der Waals surface area contributed by atoms with Crippen LogP contribution in [0, 0.1) is 6.92 Å². The van der Waals surface area contributed by atoms with E-state index >= 15 is 0 Å². The van der Waals surface area contributed by atoms with Gasteiger partial charge in [-0.15, -0.1) is 11.3 Å². The second-order valence-corrected chi connectivity index (χ2v) is 13.0. The molecule has 0 saturated carbocycles. The third-order valence-electron chi connectivity index (χ3n) is 6.76. The molecular weight excluding hydrogens is 666 g/mol. The van der Waals surface area contributed by atoms with Crippen LogP contribution in [0.3, 0.4) is 0 Å². The van der Waals surface area contributed by atoms with E-state index in [-0.39, 0.29) is 58.2 Å². The number of pyridine rings is 1. The van der Waals surface area contributed by atoms with Gasteiger partial charge in [-0.05, 0) is 43.7 Å². The zero-order valence-electron chi connectivity index (χ0n) is 25.4. The summed E-state index contributed by atoms with van der Waals surface area (Å²) in [5.74, 6) is -0.741. The normalized spacial score (nSPS) is 13.9. The Balaban J connectivity index is 1.78. The number of benzene rings is 1. The number of methoxy groups -OCH3 is 1. The molecule has 4 heterocycles. The van der Waals surface area contributed by atoms with Crippen molar-refractivity contribution in [3.05, 3.63) is 57.2 Å². The van der Waals surface area contributed by atoms with Crippen LogP contribution in [0.2, 0.25) is 5.02 Å².